The molecule has 2 rings (SSSR count). The highest BCUT2D eigenvalue weighted by Gasteiger charge is 2.30. The standard InChI is InChI=1S/C10H15BrN4/c1-7-12-4-9(11)10(13-7)15-5-8(6-15)14(2)3/h4,8H,5-6H2,1-3H3. The van der Waals surface area contributed by atoms with E-state index in [1.165, 1.54) is 0 Å². The molecule has 0 N–H and O–H groups in total. The van der Waals surface area contributed by atoms with E-state index in [4.69, 9.17) is 0 Å². The molecule has 0 saturated carbocycles. The molecule has 0 bridgehead atoms. The molecule has 0 atom stereocenters. The molecular formula is C10H15BrN4. The number of anilines is 1. The van der Waals surface area contributed by atoms with E-state index in [1.54, 1.807) is 0 Å². The molecule has 4 nitrogen and oxygen atoms in total. The van der Waals surface area contributed by atoms with Gasteiger partial charge in [0.2, 0.25) is 0 Å². The van der Waals surface area contributed by atoms with Gasteiger partial charge in [-0.1, -0.05) is 0 Å². The summed E-state index contributed by atoms with van der Waals surface area (Å²) in [5, 5.41) is 0. The number of likely N-dealkylation sites (N-methyl/N-ethyl adjacent to an activating group) is 1. The molecule has 0 aromatic carbocycles. The monoisotopic (exact) mass is 270 g/mol. The lowest BCUT2D eigenvalue weighted by Gasteiger charge is -2.43. The van der Waals surface area contributed by atoms with Crippen molar-refractivity contribution in [3.05, 3.63) is 16.5 Å². The molecule has 5 heteroatoms. The lowest BCUT2D eigenvalue weighted by molar-refractivity contribution is 0.246. The van der Waals surface area contributed by atoms with Crippen LogP contribution in [0, 0.1) is 6.92 Å². The van der Waals surface area contributed by atoms with Crippen molar-refractivity contribution in [1.82, 2.24) is 14.9 Å². The van der Waals surface area contributed by atoms with Gasteiger partial charge in [-0.3, -0.25) is 0 Å². The number of aryl methyl sites for hydroxylation is 1. The van der Waals surface area contributed by atoms with Crippen LogP contribution >= 0.6 is 15.9 Å². The summed E-state index contributed by atoms with van der Waals surface area (Å²) in [7, 11) is 4.23. The smallest absolute Gasteiger partial charge is 0.146 e. The van der Waals surface area contributed by atoms with Crippen molar-refractivity contribution < 1.29 is 0 Å². The lowest BCUT2D eigenvalue weighted by Crippen LogP contribution is -2.57. The van der Waals surface area contributed by atoms with Gasteiger partial charge in [-0.2, -0.15) is 0 Å². The van der Waals surface area contributed by atoms with Crippen LogP contribution in [-0.2, 0) is 0 Å². The van der Waals surface area contributed by atoms with Crippen LogP contribution in [0.4, 0.5) is 5.82 Å². The normalized spacial score (nSPS) is 17.0. The molecule has 0 unspecified atom stereocenters. The maximum Gasteiger partial charge on any atom is 0.146 e. The average Bonchev–Trinajstić information content (AvgIpc) is 2.08. The fraction of sp³-hybridized carbons (Fsp3) is 0.600. The molecule has 1 aromatic rings. The van der Waals surface area contributed by atoms with Gasteiger partial charge in [-0.25, -0.2) is 9.97 Å². The highest BCUT2D eigenvalue weighted by Crippen LogP contribution is 2.27. The zero-order valence-electron chi connectivity index (χ0n) is 9.24. The fourth-order valence-corrected chi connectivity index (χ4v) is 2.06. The summed E-state index contributed by atoms with van der Waals surface area (Å²) in [5.41, 5.74) is 0. The number of halogens is 1. The largest absolute Gasteiger partial charge is 0.352 e. The molecule has 1 aliphatic heterocycles. The van der Waals surface area contributed by atoms with Crippen molar-refractivity contribution in [2.24, 2.45) is 0 Å². The van der Waals surface area contributed by atoms with Gasteiger partial charge in [0.15, 0.2) is 0 Å². The number of rotatable bonds is 2. The summed E-state index contributed by atoms with van der Waals surface area (Å²) in [6, 6.07) is 0.646. The zero-order chi connectivity index (χ0) is 11.0. The summed E-state index contributed by atoms with van der Waals surface area (Å²) in [5.74, 6) is 1.84. The summed E-state index contributed by atoms with van der Waals surface area (Å²) >= 11 is 3.48. The van der Waals surface area contributed by atoms with Crippen LogP contribution in [0.25, 0.3) is 0 Å². The molecule has 0 spiro atoms. The van der Waals surface area contributed by atoms with E-state index in [0.717, 1.165) is 29.2 Å². The minimum atomic E-state index is 0.646. The fourth-order valence-electron chi connectivity index (χ4n) is 1.62. The van der Waals surface area contributed by atoms with Crippen molar-refractivity contribution in [3.8, 4) is 0 Å². The Labute approximate surface area is 98.4 Å². The van der Waals surface area contributed by atoms with Crippen LogP contribution in [0.5, 0.6) is 0 Å². The van der Waals surface area contributed by atoms with Crippen molar-refractivity contribution >= 4 is 21.7 Å². The number of hydrogen-bond acceptors (Lipinski definition) is 4. The van der Waals surface area contributed by atoms with Crippen molar-refractivity contribution in [2.45, 2.75) is 13.0 Å². The molecule has 0 radical (unpaired) electrons. The van der Waals surface area contributed by atoms with Crippen LogP contribution in [0.3, 0.4) is 0 Å². The summed E-state index contributed by atoms with van der Waals surface area (Å²) in [6.07, 6.45) is 1.82. The Bertz CT molecular complexity index is 360. The zero-order valence-corrected chi connectivity index (χ0v) is 10.8. The SMILES string of the molecule is Cc1ncc(Br)c(N2CC(N(C)C)C2)n1. The molecule has 1 saturated heterocycles. The third-order valence-corrected chi connectivity index (χ3v) is 3.30. The number of nitrogens with zero attached hydrogens (tertiary/aromatic N) is 4. The van der Waals surface area contributed by atoms with Crippen molar-refractivity contribution in [3.63, 3.8) is 0 Å². The molecule has 2 heterocycles. The van der Waals surface area contributed by atoms with Gasteiger partial charge in [0.05, 0.1) is 4.47 Å². The lowest BCUT2D eigenvalue weighted by atomic mass is 10.1. The molecule has 1 aromatic heterocycles. The highest BCUT2D eigenvalue weighted by molar-refractivity contribution is 9.10. The predicted octanol–water partition coefficient (Wildman–Crippen LogP) is 1.30. The first-order valence-corrected chi connectivity index (χ1v) is 5.77. The molecular weight excluding hydrogens is 256 g/mol. The molecule has 1 aliphatic rings. The van der Waals surface area contributed by atoms with E-state index in [9.17, 15) is 0 Å². The van der Waals surface area contributed by atoms with Crippen molar-refractivity contribution in [1.29, 1.82) is 0 Å². The molecule has 0 aliphatic carbocycles. The number of aromatic nitrogens is 2. The first-order valence-electron chi connectivity index (χ1n) is 4.98. The van der Waals surface area contributed by atoms with Crippen LogP contribution in [0.2, 0.25) is 0 Å². The Morgan fingerprint density at radius 3 is 2.73 bits per heavy atom. The first kappa shape index (κ1) is 10.8. The second kappa shape index (κ2) is 4.06. The Morgan fingerprint density at radius 2 is 2.13 bits per heavy atom. The Hall–Kier alpha value is -0.680. The Balaban J connectivity index is 2.09. The van der Waals surface area contributed by atoms with E-state index in [1.807, 2.05) is 13.1 Å². The van der Waals surface area contributed by atoms with Gasteiger partial charge in [0.1, 0.15) is 11.6 Å². The Morgan fingerprint density at radius 1 is 1.47 bits per heavy atom. The van der Waals surface area contributed by atoms with Crippen LogP contribution in [0.1, 0.15) is 5.82 Å². The average molecular weight is 271 g/mol. The highest BCUT2D eigenvalue weighted by atomic mass is 79.9. The second-order valence-corrected chi connectivity index (χ2v) is 4.97. The van der Waals surface area contributed by atoms with Crippen LogP contribution in [-0.4, -0.2) is 48.1 Å². The summed E-state index contributed by atoms with van der Waals surface area (Å²) in [4.78, 5) is 13.1. The third-order valence-electron chi connectivity index (χ3n) is 2.74. The quantitative estimate of drug-likeness (QED) is 0.811. The van der Waals surface area contributed by atoms with Gasteiger partial charge in [-0.05, 0) is 36.9 Å². The number of hydrogen-bond donors (Lipinski definition) is 0. The van der Waals surface area contributed by atoms with Gasteiger partial charge in [0, 0.05) is 25.3 Å². The van der Waals surface area contributed by atoms with E-state index in [2.05, 4.69) is 49.8 Å². The maximum atomic E-state index is 4.44. The van der Waals surface area contributed by atoms with Gasteiger partial charge >= 0.3 is 0 Å². The summed E-state index contributed by atoms with van der Waals surface area (Å²) < 4.78 is 0.977. The molecule has 82 valence electrons. The van der Waals surface area contributed by atoms with Gasteiger partial charge in [-0.15, -0.1) is 0 Å². The van der Waals surface area contributed by atoms with Crippen molar-refractivity contribution in [2.75, 3.05) is 32.1 Å². The van der Waals surface area contributed by atoms with Gasteiger partial charge in [0.25, 0.3) is 0 Å². The van der Waals surface area contributed by atoms with Crippen LogP contribution < -0.4 is 4.90 Å². The van der Waals surface area contributed by atoms with Crippen LogP contribution in [0.15, 0.2) is 10.7 Å². The maximum absolute atomic E-state index is 4.44. The predicted molar refractivity (Wildman–Crippen MR) is 64.2 cm³/mol. The Kier molecular flexibility index (Phi) is 2.93. The van der Waals surface area contributed by atoms with E-state index in [0.29, 0.717) is 6.04 Å². The minimum Gasteiger partial charge on any atom is -0.352 e. The molecule has 1 fully saturated rings. The third kappa shape index (κ3) is 2.13. The first-order chi connectivity index (χ1) is 7.08. The topological polar surface area (TPSA) is 32.3 Å². The van der Waals surface area contributed by atoms with E-state index in [-0.39, 0.29) is 0 Å². The van der Waals surface area contributed by atoms with E-state index < -0.39 is 0 Å². The molecule has 15 heavy (non-hydrogen) atoms. The summed E-state index contributed by atoms with van der Waals surface area (Å²) in [6.45, 7) is 4.00. The molecule has 0 amide bonds. The van der Waals surface area contributed by atoms with E-state index >= 15 is 0 Å². The minimum absolute atomic E-state index is 0.646. The van der Waals surface area contributed by atoms with Gasteiger partial charge < -0.3 is 9.80 Å². The second-order valence-electron chi connectivity index (χ2n) is 4.11.